The molecular weight excluding hydrogens is 328 g/mol. The summed E-state index contributed by atoms with van der Waals surface area (Å²) < 4.78 is 5.20. The van der Waals surface area contributed by atoms with Crippen LogP contribution in [0.1, 0.15) is 17.9 Å². The van der Waals surface area contributed by atoms with Crippen LogP contribution in [-0.4, -0.2) is 40.4 Å². The predicted octanol–water partition coefficient (Wildman–Crippen LogP) is 1.70. The Morgan fingerprint density at radius 2 is 2.08 bits per heavy atom. The molecule has 0 aliphatic carbocycles. The molecule has 1 N–H and O–H groups in total. The third-order valence-electron chi connectivity index (χ3n) is 3.67. The summed E-state index contributed by atoms with van der Waals surface area (Å²) in [5.41, 5.74) is 2.00. The summed E-state index contributed by atoms with van der Waals surface area (Å²) in [5, 5.41) is 10.8. The summed E-state index contributed by atoms with van der Waals surface area (Å²) in [6.45, 7) is 4.18. The van der Waals surface area contributed by atoms with Crippen molar-refractivity contribution in [2.75, 3.05) is 17.2 Å². The molecule has 2 heterocycles. The lowest BCUT2D eigenvalue weighted by Gasteiger charge is -2.17. The van der Waals surface area contributed by atoms with Crippen LogP contribution in [0.2, 0.25) is 0 Å². The number of aryl methyl sites for hydroxylation is 2. The monoisotopic (exact) mass is 346 g/mol. The van der Waals surface area contributed by atoms with Crippen molar-refractivity contribution < 1.29 is 14.0 Å². The minimum absolute atomic E-state index is 0.0179. The van der Waals surface area contributed by atoms with Crippen LogP contribution in [0.25, 0.3) is 0 Å². The number of anilines is 1. The van der Waals surface area contributed by atoms with E-state index >= 15 is 0 Å². The summed E-state index contributed by atoms with van der Waals surface area (Å²) in [6.07, 6.45) is 0.309. The fourth-order valence-electron chi connectivity index (χ4n) is 2.51. The molecule has 7 nitrogen and oxygen atoms in total. The largest absolute Gasteiger partial charge is 0.416 e. The maximum atomic E-state index is 12.2. The van der Waals surface area contributed by atoms with Crippen LogP contribution in [0.5, 0.6) is 0 Å². The molecule has 1 unspecified atom stereocenters. The molecular formula is C16H18N4O3S. The van der Waals surface area contributed by atoms with E-state index in [4.69, 9.17) is 4.42 Å². The lowest BCUT2D eigenvalue weighted by atomic mass is 10.2. The van der Waals surface area contributed by atoms with E-state index in [2.05, 4.69) is 15.5 Å². The van der Waals surface area contributed by atoms with Gasteiger partial charge in [-0.1, -0.05) is 29.5 Å². The van der Waals surface area contributed by atoms with Gasteiger partial charge in [-0.15, -0.1) is 10.2 Å². The first-order chi connectivity index (χ1) is 11.5. The molecule has 0 saturated carbocycles. The first kappa shape index (κ1) is 16.5. The number of carbonyl (C=O) groups excluding carboxylic acids is 2. The third-order valence-corrected chi connectivity index (χ3v) is 4.49. The molecule has 1 atom stereocenters. The highest BCUT2D eigenvalue weighted by Crippen LogP contribution is 2.22. The van der Waals surface area contributed by atoms with Crippen molar-refractivity contribution in [3.63, 3.8) is 0 Å². The summed E-state index contributed by atoms with van der Waals surface area (Å²) >= 11 is 1.18. The maximum Gasteiger partial charge on any atom is 0.277 e. The Labute approximate surface area is 143 Å². The second-order valence-corrected chi connectivity index (χ2v) is 6.61. The Bertz CT molecular complexity index is 744. The van der Waals surface area contributed by atoms with Crippen LogP contribution < -0.4 is 10.2 Å². The molecule has 3 rings (SSSR count). The molecule has 24 heavy (non-hydrogen) atoms. The number of nitrogens with zero attached hydrogens (tertiary/aromatic N) is 3. The first-order valence-electron chi connectivity index (χ1n) is 7.60. The smallest absolute Gasteiger partial charge is 0.277 e. The number of hydrogen-bond donors (Lipinski definition) is 1. The van der Waals surface area contributed by atoms with Gasteiger partial charge in [-0.2, -0.15) is 0 Å². The fraction of sp³-hybridized carbons (Fsp3) is 0.375. The van der Waals surface area contributed by atoms with Crippen LogP contribution >= 0.6 is 11.8 Å². The van der Waals surface area contributed by atoms with Gasteiger partial charge in [-0.25, -0.2) is 0 Å². The average molecular weight is 346 g/mol. The van der Waals surface area contributed by atoms with Crippen molar-refractivity contribution in [2.24, 2.45) is 0 Å². The first-order valence-corrected chi connectivity index (χ1v) is 8.59. The second-order valence-electron chi connectivity index (χ2n) is 5.68. The highest BCUT2D eigenvalue weighted by molar-refractivity contribution is 7.99. The summed E-state index contributed by atoms with van der Waals surface area (Å²) in [7, 11) is 0. The Morgan fingerprint density at radius 3 is 2.75 bits per heavy atom. The van der Waals surface area contributed by atoms with E-state index < -0.39 is 0 Å². The molecule has 1 fully saturated rings. The lowest BCUT2D eigenvalue weighted by molar-refractivity contribution is -0.119. The Balaban J connectivity index is 1.52. The van der Waals surface area contributed by atoms with E-state index in [1.54, 1.807) is 11.8 Å². The van der Waals surface area contributed by atoms with E-state index in [-0.39, 0.29) is 23.6 Å². The van der Waals surface area contributed by atoms with Gasteiger partial charge in [0.05, 0.1) is 11.8 Å². The van der Waals surface area contributed by atoms with E-state index in [0.717, 1.165) is 11.3 Å². The summed E-state index contributed by atoms with van der Waals surface area (Å²) in [5.74, 6) is 0.508. The molecule has 2 aromatic rings. The number of amides is 2. The average Bonchev–Trinajstić information content (AvgIpc) is 3.12. The molecule has 0 bridgehead atoms. The Hall–Kier alpha value is -2.35. The maximum absolute atomic E-state index is 12.2. The zero-order valence-corrected chi connectivity index (χ0v) is 14.3. The van der Waals surface area contributed by atoms with Crippen LogP contribution in [0, 0.1) is 13.8 Å². The van der Waals surface area contributed by atoms with Crippen molar-refractivity contribution in [1.82, 2.24) is 15.5 Å². The van der Waals surface area contributed by atoms with Crippen LogP contribution in [-0.2, 0) is 9.59 Å². The van der Waals surface area contributed by atoms with Crippen molar-refractivity contribution in [2.45, 2.75) is 31.5 Å². The summed E-state index contributed by atoms with van der Waals surface area (Å²) in [4.78, 5) is 25.9. The van der Waals surface area contributed by atoms with Crippen LogP contribution in [0.4, 0.5) is 5.69 Å². The molecule has 1 aliphatic rings. The van der Waals surface area contributed by atoms with Gasteiger partial charge in [-0.05, 0) is 19.1 Å². The highest BCUT2D eigenvalue weighted by atomic mass is 32.2. The molecule has 1 aliphatic heterocycles. The normalized spacial score (nSPS) is 17.3. The van der Waals surface area contributed by atoms with E-state index in [0.29, 0.717) is 24.1 Å². The van der Waals surface area contributed by atoms with Gasteiger partial charge in [-0.3, -0.25) is 9.59 Å². The van der Waals surface area contributed by atoms with Gasteiger partial charge in [0.2, 0.25) is 17.7 Å². The number of benzene rings is 1. The molecule has 1 aromatic heterocycles. The summed E-state index contributed by atoms with van der Waals surface area (Å²) in [6, 6.07) is 7.60. The Kier molecular flexibility index (Phi) is 4.84. The molecule has 0 spiro atoms. The number of hydrogen-bond acceptors (Lipinski definition) is 6. The molecule has 8 heteroatoms. The van der Waals surface area contributed by atoms with Crippen molar-refractivity contribution >= 4 is 29.3 Å². The lowest BCUT2D eigenvalue weighted by Crippen LogP contribution is -2.38. The minimum atomic E-state index is -0.184. The standard InChI is InChI=1S/C16H18N4O3S/c1-10-3-5-13(6-4-10)20-8-12(7-15(20)22)17-14(21)9-24-16-19-18-11(2)23-16/h3-6,12H,7-9H2,1-2H3,(H,17,21). The SMILES string of the molecule is Cc1ccc(N2CC(NC(=O)CSc3nnc(C)o3)CC2=O)cc1. The zero-order chi connectivity index (χ0) is 17.1. The molecule has 126 valence electrons. The molecule has 1 saturated heterocycles. The van der Waals surface area contributed by atoms with Crippen molar-refractivity contribution in [3.05, 3.63) is 35.7 Å². The second kappa shape index (κ2) is 7.04. The minimum Gasteiger partial charge on any atom is -0.416 e. The highest BCUT2D eigenvalue weighted by Gasteiger charge is 2.31. The molecule has 1 aromatic carbocycles. The number of rotatable bonds is 5. The van der Waals surface area contributed by atoms with Gasteiger partial charge in [0.1, 0.15) is 0 Å². The molecule has 2 amide bonds. The van der Waals surface area contributed by atoms with Gasteiger partial charge in [0, 0.05) is 25.6 Å². The topological polar surface area (TPSA) is 88.3 Å². The van der Waals surface area contributed by atoms with Crippen molar-refractivity contribution in [1.29, 1.82) is 0 Å². The number of aromatic nitrogens is 2. The number of thioether (sulfide) groups is 1. The predicted molar refractivity (Wildman–Crippen MR) is 89.8 cm³/mol. The van der Waals surface area contributed by atoms with Crippen molar-refractivity contribution in [3.8, 4) is 0 Å². The number of nitrogens with one attached hydrogen (secondary N) is 1. The zero-order valence-electron chi connectivity index (χ0n) is 13.5. The van der Waals surface area contributed by atoms with Crippen LogP contribution in [0.3, 0.4) is 0 Å². The van der Waals surface area contributed by atoms with Gasteiger partial charge in [0.15, 0.2) is 0 Å². The Morgan fingerprint density at radius 1 is 1.33 bits per heavy atom. The number of carbonyl (C=O) groups is 2. The third kappa shape index (κ3) is 3.94. The fourth-order valence-corrected chi connectivity index (χ4v) is 3.13. The van der Waals surface area contributed by atoms with Crippen LogP contribution in [0.15, 0.2) is 33.9 Å². The van der Waals surface area contributed by atoms with Gasteiger partial charge in [0.25, 0.3) is 5.22 Å². The van der Waals surface area contributed by atoms with E-state index in [1.807, 2.05) is 31.2 Å². The van der Waals surface area contributed by atoms with Gasteiger partial charge < -0.3 is 14.6 Å². The quantitative estimate of drug-likeness (QED) is 0.829. The van der Waals surface area contributed by atoms with Gasteiger partial charge >= 0.3 is 0 Å². The molecule has 0 radical (unpaired) electrons. The van der Waals surface area contributed by atoms with E-state index in [9.17, 15) is 9.59 Å². The van der Waals surface area contributed by atoms with E-state index in [1.165, 1.54) is 11.8 Å².